The minimum absolute atomic E-state index is 0.220. The van der Waals surface area contributed by atoms with Crippen molar-refractivity contribution < 1.29 is 9.59 Å². The zero-order valence-corrected chi connectivity index (χ0v) is 16.1. The summed E-state index contributed by atoms with van der Waals surface area (Å²) in [5.41, 5.74) is 1.21. The molecule has 2 heterocycles. The molecule has 0 aliphatic heterocycles. The molecular weight excluding hydrogens is 380 g/mol. The third kappa shape index (κ3) is 4.66. The van der Waals surface area contributed by atoms with Crippen molar-refractivity contribution in [1.29, 1.82) is 0 Å². The molecule has 0 radical (unpaired) electrons. The van der Waals surface area contributed by atoms with E-state index < -0.39 is 6.04 Å². The normalized spacial score (nSPS) is 11.6. The smallest absolute Gasteiger partial charge is 0.276 e. The Morgan fingerprint density at radius 1 is 1.22 bits per heavy atom. The first-order valence-corrected chi connectivity index (χ1v) is 9.96. The van der Waals surface area contributed by atoms with Crippen LogP contribution < -0.4 is 5.32 Å². The Bertz CT molecular complexity index is 880. The first kappa shape index (κ1) is 18.9. The Kier molecular flexibility index (Phi) is 6.45. The summed E-state index contributed by atoms with van der Waals surface area (Å²) in [6, 6.07) is 12.6. The van der Waals surface area contributed by atoms with Crippen LogP contribution in [-0.2, 0) is 11.3 Å². The maximum Gasteiger partial charge on any atom is 0.276 e. The molecule has 27 heavy (non-hydrogen) atoms. The zero-order valence-electron chi connectivity index (χ0n) is 14.4. The van der Waals surface area contributed by atoms with Gasteiger partial charge in [-0.25, -0.2) is 0 Å². The Balaban J connectivity index is 1.85. The maximum absolute atomic E-state index is 13.0. The average molecular weight is 399 g/mol. The third-order valence-corrected chi connectivity index (χ3v) is 5.28. The highest BCUT2D eigenvalue weighted by molar-refractivity contribution is 7.10. The second-order valence-corrected chi connectivity index (χ2v) is 7.25. The van der Waals surface area contributed by atoms with Crippen LogP contribution in [0.15, 0.2) is 65.9 Å². The molecular formula is C19H18N4O2S2. The fourth-order valence-electron chi connectivity index (χ4n) is 2.60. The number of nitrogens with zero attached hydrogens (tertiary/aromatic N) is 3. The molecule has 0 aliphatic carbocycles. The van der Waals surface area contributed by atoms with Crippen molar-refractivity contribution in [1.82, 2.24) is 19.8 Å². The highest BCUT2D eigenvalue weighted by Crippen LogP contribution is 2.27. The molecule has 0 aliphatic rings. The monoisotopic (exact) mass is 398 g/mol. The minimum atomic E-state index is -0.763. The lowest BCUT2D eigenvalue weighted by molar-refractivity contribution is -0.125. The summed E-state index contributed by atoms with van der Waals surface area (Å²) >= 11 is 2.52. The van der Waals surface area contributed by atoms with Gasteiger partial charge >= 0.3 is 0 Å². The van der Waals surface area contributed by atoms with Crippen molar-refractivity contribution >= 4 is 34.7 Å². The van der Waals surface area contributed by atoms with Crippen molar-refractivity contribution in [3.05, 3.63) is 82.0 Å². The van der Waals surface area contributed by atoms with E-state index in [9.17, 15) is 9.59 Å². The molecule has 2 aromatic heterocycles. The Morgan fingerprint density at radius 2 is 2.04 bits per heavy atom. The van der Waals surface area contributed by atoms with Gasteiger partial charge in [0.25, 0.3) is 5.91 Å². The molecule has 8 heteroatoms. The number of benzene rings is 1. The highest BCUT2D eigenvalue weighted by atomic mass is 32.1. The second-order valence-electron chi connectivity index (χ2n) is 5.66. The van der Waals surface area contributed by atoms with Crippen LogP contribution in [0.5, 0.6) is 0 Å². The van der Waals surface area contributed by atoms with Crippen molar-refractivity contribution in [3.63, 3.8) is 0 Å². The number of hydrogen-bond acceptors (Lipinski definition) is 6. The summed E-state index contributed by atoms with van der Waals surface area (Å²) in [5, 5.41) is 10.2. The SMILES string of the molecule is C=CCN(C(=O)c1csnn1)[C@H](C(=O)NCc1ccccc1)c1cccs1. The standard InChI is InChI=1S/C19H18N4O2S2/c1-2-10-23(19(25)15-13-27-22-21-15)17(16-9-6-11-26-16)18(24)20-12-14-7-4-3-5-8-14/h2-9,11,13,17H,1,10,12H2,(H,20,24)/t17-/m0/s1. The molecule has 138 valence electrons. The third-order valence-electron chi connectivity index (χ3n) is 3.85. The van der Waals surface area contributed by atoms with Gasteiger partial charge in [-0.15, -0.1) is 23.0 Å². The average Bonchev–Trinajstić information content (AvgIpc) is 3.40. The predicted octanol–water partition coefficient (Wildman–Crippen LogP) is 3.29. The van der Waals surface area contributed by atoms with Crippen LogP contribution in [0, 0.1) is 0 Å². The van der Waals surface area contributed by atoms with Crippen LogP contribution in [0.3, 0.4) is 0 Å². The van der Waals surface area contributed by atoms with Gasteiger partial charge in [0.15, 0.2) is 5.69 Å². The fourth-order valence-corrected chi connectivity index (χ4v) is 3.87. The van der Waals surface area contributed by atoms with E-state index in [1.807, 2.05) is 47.8 Å². The topological polar surface area (TPSA) is 75.2 Å². The summed E-state index contributed by atoms with van der Waals surface area (Å²) < 4.78 is 3.75. The molecule has 0 bridgehead atoms. The second kappa shape index (κ2) is 9.20. The first-order valence-electron chi connectivity index (χ1n) is 8.24. The molecule has 1 atom stereocenters. The van der Waals surface area contributed by atoms with Gasteiger partial charge in [0.1, 0.15) is 6.04 Å². The van der Waals surface area contributed by atoms with Crippen molar-refractivity contribution in [2.45, 2.75) is 12.6 Å². The van der Waals surface area contributed by atoms with Gasteiger partial charge in [-0.3, -0.25) is 9.59 Å². The number of thiophene rings is 1. The molecule has 0 spiro atoms. The van der Waals surface area contributed by atoms with Crippen LogP contribution in [-0.4, -0.2) is 32.8 Å². The number of carbonyl (C=O) groups excluding carboxylic acids is 2. The van der Waals surface area contributed by atoms with E-state index in [1.54, 1.807) is 11.5 Å². The number of hydrogen-bond donors (Lipinski definition) is 1. The van der Waals surface area contributed by atoms with E-state index in [0.717, 1.165) is 22.0 Å². The van der Waals surface area contributed by atoms with E-state index >= 15 is 0 Å². The molecule has 0 saturated heterocycles. The summed E-state index contributed by atoms with van der Waals surface area (Å²) in [7, 11) is 0. The van der Waals surface area contributed by atoms with Crippen LogP contribution >= 0.6 is 22.9 Å². The van der Waals surface area contributed by atoms with Crippen LogP contribution in [0.1, 0.15) is 27.0 Å². The quantitative estimate of drug-likeness (QED) is 0.591. The lowest BCUT2D eigenvalue weighted by Crippen LogP contribution is -2.43. The summed E-state index contributed by atoms with van der Waals surface area (Å²) in [6.45, 7) is 4.33. The lowest BCUT2D eigenvalue weighted by Gasteiger charge is -2.28. The van der Waals surface area contributed by atoms with Crippen LogP contribution in [0.2, 0.25) is 0 Å². The molecule has 1 N–H and O–H groups in total. The lowest BCUT2D eigenvalue weighted by atomic mass is 10.1. The Morgan fingerprint density at radius 3 is 2.67 bits per heavy atom. The fraction of sp³-hybridized carbons (Fsp3) is 0.158. The summed E-state index contributed by atoms with van der Waals surface area (Å²) in [4.78, 5) is 28.2. The molecule has 1 aromatic carbocycles. The van der Waals surface area contributed by atoms with E-state index in [-0.39, 0.29) is 24.1 Å². The van der Waals surface area contributed by atoms with E-state index in [0.29, 0.717) is 6.54 Å². The molecule has 3 rings (SSSR count). The van der Waals surface area contributed by atoms with Crippen LogP contribution in [0.25, 0.3) is 0 Å². The Labute approximate surface area is 165 Å². The molecule has 0 fully saturated rings. The Hall–Kier alpha value is -2.84. The maximum atomic E-state index is 13.0. The highest BCUT2D eigenvalue weighted by Gasteiger charge is 2.32. The summed E-state index contributed by atoms with van der Waals surface area (Å²) in [5.74, 6) is -0.600. The van der Waals surface area contributed by atoms with Gasteiger partial charge in [0.05, 0.1) is 0 Å². The van der Waals surface area contributed by atoms with E-state index in [2.05, 4.69) is 21.5 Å². The van der Waals surface area contributed by atoms with Gasteiger partial charge in [0.2, 0.25) is 5.91 Å². The van der Waals surface area contributed by atoms with Gasteiger partial charge < -0.3 is 10.2 Å². The van der Waals surface area contributed by atoms with Crippen molar-refractivity contribution in [3.8, 4) is 0 Å². The number of aromatic nitrogens is 2. The largest absolute Gasteiger partial charge is 0.350 e. The molecule has 0 saturated carbocycles. The predicted molar refractivity (Wildman–Crippen MR) is 106 cm³/mol. The summed E-state index contributed by atoms with van der Waals surface area (Å²) in [6.07, 6.45) is 1.60. The van der Waals surface area contributed by atoms with Gasteiger partial charge in [0, 0.05) is 23.3 Å². The van der Waals surface area contributed by atoms with Gasteiger partial charge in [-0.2, -0.15) is 0 Å². The molecule has 2 amide bonds. The number of rotatable bonds is 8. The number of nitrogens with one attached hydrogen (secondary N) is 1. The van der Waals surface area contributed by atoms with Crippen molar-refractivity contribution in [2.75, 3.05) is 6.54 Å². The van der Waals surface area contributed by atoms with Gasteiger partial charge in [-0.05, 0) is 28.5 Å². The first-order chi connectivity index (χ1) is 13.2. The zero-order chi connectivity index (χ0) is 19.1. The molecule has 3 aromatic rings. The number of amides is 2. The van der Waals surface area contributed by atoms with Gasteiger partial charge in [-0.1, -0.05) is 47.0 Å². The number of carbonyl (C=O) groups is 2. The minimum Gasteiger partial charge on any atom is -0.350 e. The van der Waals surface area contributed by atoms with E-state index in [4.69, 9.17) is 0 Å². The molecule has 6 nitrogen and oxygen atoms in total. The van der Waals surface area contributed by atoms with E-state index in [1.165, 1.54) is 16.2 Å². The molecule has 0 unspecified atom stereocenters. The van der Waals surface area contributed by atoms with Crippen LogP contribution in [0.4, 0.5) is 0 Å². The van der Waals surface area contributed by atoms with Crippen molar-refractivity contribution in [2.24, 2.45) is 0 Å².